The van der Waals surface area contributed by atoms with Gasteiger partial charge in [0.2, 0.25) is 11.8 Å². The van der Waals surface area contributed by atoms with Gasteiger partial charge < -0.3 is 10.2 Å². The third kappa shape index (κ3) is 9.91. The Morgan fingerprint density at radius 3 is 2.06 bits per heavy atom. The molecule has 0 aliphatic rings. The molecule has 0 fully saturated rings. The van der Waals surface area contributed by atoms with Gasteiger partial charge in [-0.25, -0.2) is 8.42 Å². The van der Waals surface area contributed by atoms with Crippen molar-refractivity contribution in [2.24, 2.45) is 5.92 Å². The molecule has 0 bridgehead atoms. The van der Waals surface area contributed by atoms with Crippen molar-refractivity contribution in [1.82, 2.24) is 10.2 Å². The summed E-state index contributed by atoms with van der Waals surface area (Å²) < 4.78 is 70.6. The molecule has 7 nitrogen and oxygen atoms in total. The molecule has 260 valence electrons. The van der Waals surface area contributed by atoms with E-state index in [1.165, 1.54) is 35.2 Å². The van der Waals surface area contributed by atoms with E-state index in [4.69, 9.17) is 34.8 Å². The van der Waals surface area contributed by atoms with Gasteiger partial charge in [-0.15, -0.1) is 0 Å². The van der Waals surface area contributed by atoms with Crippen LogP contribution < -0.4 is 9.62 Å². The number of rotatable bonds is 13. The highest BCUT2D eigenvalue weighted by atomic mass is 35.5. The van der Waals surface area contributed by atoms with Crippen LogP contribution in [0.15, 0.2) is 102 Å². The van der Waals surface area contributed by atoms with Gasteiger partial charge >= 0.3 is 6.18 Å². The van der Waals surface area contributed by atoms with Crippen molar-refractivity contribution in [3.05, 3.63) is 129 Å². The third-order valence-corrected chi connectivity index (χ3v) is 10.2. The van der Waals surface area contributed by atoms with Crippen LogP contribution in [-0.4, -0.2) is 44.3 Å². The maximum absolute atomic E-state index is 14.5. The van der Waals surface area contributed by atoms with Crippen LogP contribution in [0.5, 0.6) is 0 Å². The first-order chi connectivity index (χ1) is 23.1. The van der Waals surface area contributed by atoms with Gasteiger partial charge in [0.15, 0.2) is 0 Å². The van der Waals surface area contributed by atoms with E-state index in [2.05, 4.69) is 5.32 Å². The largest absolute Gasteiger partial charge is 0.417 e. The molecule has 0 aromatic heterocycles. The fourth-order valence-corrected chi connectivity index (χ4v) is 7.06. The number of carbonyl (C=O) groups is 2. The molecule has 0 saturated heterocycles. The highest BCUT2D eigenvalue weighted by Gasteiger charge is 2.38. The van der Waals surface area contributed by atoms with Crippen LogP contribution >= 0.6 is 34.8 Å². The molecule has 49 heavy (non-hydrogen) atoms. The van der Waals surface area contributed by atoms with Gasteiger partial charge in [-0.3, -0.25) is 13.9 Å². The van der Waals surface area contributed by atoms with Gasteiger partial charge in [0.1, 0.15) is 12.6 Å². The molecule has 2 amide bonds. The highest BCUT2D eigenvalue weighted by Crippen LogP contribution is 2.38. The Bertz CT molecular complexity index is 1880. The van der Waals surface area contributed by atoms with Crippen molar-refractivity contribution in [2.45, 2.75) is 43.9 Å². The fraction of sp³-hybridized carbons (Fsp3) is 0.257. The number of halogens is 6. The van der Waals surface area contributed by atoms with E-state index in [0.29, 0.717) is 26.5 Å². The van der Waals surface area contributed by atoms with Crippen LogP contribution in [0.4, 0.5) is 18.9 Å². The van der Waals surface area contributed by atoms with Gasteiger partial charge in [0.25, 0.3) is 10.0 Å². The first-order valence-electron chi connectivity index (χ1n) is 15.1. The van der Waals surface area contributed by atoms with Crippen LogP contribution in [0.25, 0.3) is 0 Å². The minimum absolute atomic E-state index is 0.0340. The van der Waals surface area contributed by atoms with E-state index in [-0.39, 0.29) is 35.3 Å². The lowest BCUT2D eigenvalue weighted by Gasteiger charge is -2.34. The monoisotopic (exact) mass is 753 g/mol. The number of carbonyl (C=O) groups excluding carboxylic acids is 2. The van der Waals surface area contributed by atoms with E-state index >= 15 is 0 Å². The minimum Gasteiger partial charge on any atom is -0.354 e. The third-order valence-electron chi connectivity index (χ3n) is 7.46. The number of amides is 2. The zero-order chi connectivity index (χ0) is 35.9. The first-order valence-corrected chi connectivity index (χ1v) is 17.6. The molecule has 4 rings (SSSR count). The van der Waals surface area contributed by atoms with E-state index < -0.39 is 56.9 Å². The standard InChI is InChI=1S/C35H33Cl3F3N3O4S/c1-23(2)20-42-34(46)32(17-24-9-5-3-6-10-24)43(21-25-13-14-26(36)18-31(25)38)33(45)22-44(49(47,48)28-11-7-4-8-12-28)27-15-16-30(37)29(19-27)35(39,40)41/h3-16,18-19,23,32H,17,20-22H2,1-2H3,(H,42,46)/t32-/m0/s1. The Hall–Kier alpha value is -3.77. The van der Waals surface area contributed by atoms with Crippen molar-refractivity contribution in [3.63, 3.8) is 0 Å². The SMILES string of the molecule is CC(C)CNC(=O)[C@H](Cc1ccccc1)N(Cc1ccc(Cl)cc1Cl)C(=O)CN(c1ccc(Cl)c(C(F)(F)F)c1)S(=O)(=O)c1ccccc1. The van der Waals surface area contributed by atoms with Gasteiger partial charge in [0.05, 0.1) is 21.2 Å². The Labute approximate surface area is 298 Å². The molecular formula is C35H33Cl3F3N3O4S. The van der Waals surface area contributed by atoms with Crippen LogP contribution in [-0.2, 0) is 38.8 Å². The molecule has 0 aliphatic heterocycles. The van der Waals surface area contributed by atoms with Crippen molar-refractivity contribution in [3.8, 4) is 0 Å². The topological polar surface area (TPSA) is 86.8 Å². The van der Waals surface area contributed by atoms with Crippen LogP contribution in [0.3, 0.4) is 0 Å². The lowest BCUT2D eigenvalue weighted by atomic mass is 10.0. The van der Waals surface area contributed by atoms with Gasteiger partial charge in [-0.05, 0) is 59.5 Å². The summed E-state index contributed by atoms with van der Waals surface area (Å²) >= 11 is 18.5. The van der Waals surface area contributed by atoms with E-state index in [9.17, 15) is 31.2 Å². The van der Waals surface area contributed by atoms with Crippen molar-refractivity contribution >= 4 is 62.3 Å². The molecule has 4 aromatic carbocycles. The number of alkyl halides is 3. The normalized spacial score (nSPS) is 12.4. The maximum atomic E-state index is 14.5. The summed E-state index contributed by atoms with van der Waals surface area (Å²) in [4.78, 5) is 29.3. The predicted octanol–water partition coefficient (Wildman–Crippen LogP) is 8.27. The van der Waals surface area contributed by atoms with E-state index in [0.717, 1.165) is 12.1 Å². The van der Waals surface area contributed by atoms with Gasteiger partial charge in [-0.1, -0.05) is 103 Å². The zero-order valence-corrected chi connectivity index (χ0v) is 29.5. The number of sulfonamides is 1. The minimum atomic E-state index is -4.92. The molecule has 14 heteroatoms. The van der Waals surface area contributed by atoms with Gasteiger partial charge in [-0.2, -0.15) is 13.2 Å². The first kappa shape index (κ1) is 38.0. The molecular weight excluding hydrogens is 722 g/mol. The molecule has 0 unspecified atom stereocenters. The number of benzene rings is 4. The summed E-state index contributed by atoms with van der Waals surface area (Å²) in [5.74, 6) is -1.33. The Morgan fingerprint density at radius 1 is 0.837 bits per heavy atom. The second kappa shape index (κ2) is 16.3. The smallest absolute Gasteiger partial charge is 0.354 e. The quantitative estimate of drug-likeness (QED) is 0.149. The van der Waals surface area contributed by atoms with Crippen molar-refractivity contribution in [1.29, 1.82) is 0 Å². The van der Waals surface area contributed by atoms with Crippen LogP contribution in [0.2, 0.25) is 15.1 Å². The number of nitrogens with one attached hydrogen (secondary N) is 1. The fourth-order valence-electron chi connectivity index (χ4n) is 4.94. The number of hydrogen-bond donors (Lipinski definition) is 1. The summed E-state index contributed by atoms with van der Waals surface area (Å²) in [7, 11) is -4.64. The van der Waals surface area contributed by atoms with Crippen LogP contribution in [0.1, 0.15) is 30.5 Å². The highest BCUT2D eigenvalue weighted by molar-refractivity contribution is 7.92. The van der Waals surface area contributed by atoms with Crippen molar-refractivity contribution < 1.29 is 31.2 Å². The van der Waals surface area contributed by atoms with Crippen LogP contribution in [0, 0.1) is 5.92 Å². The molecule has 0 aliphatic carbocycles. The second-order valence-electron chi connectivity index (χ2n) is 11.6. The van der Waals surface area contributed by atoms with E-state index in [1.54, 1.807) is 48.5 Å². The zero-order valence-electron chi connectivity index (χ0n) is 26.4. The summed E-state index contributed by atoms with van der Waals surface area (Å²) in [5, 5.41) is 2.72. The Balaban J connectivity index is 1.87. The Morgan fingerprint density at radius 2 is 1.47 bits per heavy atom. The predicted molar refractivity (Wildman–Crippen MR) is 186 cm³/mol. The lowest BCUT2D eigenvalue weighted by Crippen LogP contribution is -2.53. The Kier molecular flexibility index (Phi) is 12.6. The second-order valence-corrected chi connectivity index (χ2v) is 14.7. The summed E-state index contributed by atoms with van der Waals surface area (Å²) in [6, 6.07) is 21.9. The molecule has 1 atom stereocenters. The maximum Gasteiger partial charge on any atom is 0.417 e. The molecule has 0 spiro atoms. The van der Waals surface area contributed by atoms with Crippen molar-refractivity contribution in [2.75, 3.05) is 17.4 Å². The summed E-state index contributed by atoms with van der Waals surface area (Å²) in [6.07, 6.45) is -4.89. The van der Waals surface area contributed by atoms with Gasteiger partial charge in [0, 0.05) is 29.6 Å². The molecule has 1 N–H and O–H groups in total. The number of nitrogens with zero attached hydrogens (tertiary/aromatic N) is 2. The summed E-state index contributed by atoms with van der Waals surface area (Å²) in [5.41, 5.74) is -0.639. The molecule has 0 heterocycles. The number of anilines is 1. The average molecular weight is 755 g/mol. The molecule has 0 saturated carbocycles. The lowest BCUT2D eigenvalue weighted by molar-refractivity contribution is -0.140. The molecule has 0 radical (unpaired) electrons. The van der Waals surface area contributed by atoms with E-state index in [1.807, 2.05) is 13.8 Å². The summed E-state index contributed by atoms with van der Waals surface area (Å²) in [6.45, 7) is 2.86. The molecule has 4 aromatic rings. The number of hydrogen-bond acceptors (Lipinski definition) is 4. The average Bonchev–Trinajstić information content (AvgIpc) is 3.05.